The van der Waals surface area contributed by atoms with Crippen molar-refractivity contribution in [3.63, 3.8) is 0 Å². The maximum Gasteiger partial charge on any atom is 0.261 e. The van der Waals surface area contributed by atoms with Crippen LogP contribution in [0.15, 0.2) is 42.5 Å². The number of nitrogens with one attached hydrogen (secondary N) is 1. The van der Waals surface area contributed by atoms with Gasteiger partial charge in [0.15, 0.2) is 6.10 Å². The van der Waals surface area contributed by atoms with Gasteiger partial charge >= 0.3 is 0 Å². The number of hydrogen-bond donors (Lipinski definition) is 1. The fraction of sp³-hybridized carbons (Fsp3) is 0.409. The molecule has 2 atom stereocenters. The second-order valence-corrected chi connectivity index (χ2v) is 6.82. The van der Waals surface area contributed by atoms with Gasteiger partial charge in [-0.1, -0.05) is 31.2 Å². The number of benzene rings is 2. The van der Waals surface area contributed by atoms with Crippen molar-refractivity contribution in [3.05, 3.63) is 59.2 Å². The summed E-state index contributed by atoms with van der Waals surface area (Å²) < 4.78 is 11.7. The molecule has 0 saturated carbocycles. The Labute approximate surface area is 156 Å². The van der Waals surface area contributed by atoms with Crippen LogP contribution in [-0.2, 0) is 4.79 Å². The number of para-hydroxylation sites is 1. The van der Waals surface area contributed by atoms with E-state index in [2.05, 4.69) is 11.4 Å². The first-order valence-corrected chi connectivity index (χ1v) is 9.12. The Morgan fingerprint density at radius 3 is 2.35 bits per heavy atom. The van der Waals surface area contributed by atoms with Crippen molar-refractivity contribution < 1.29 is 14.3 Å². The third-order valence-electron chi connectivity index (χ3n) is 4.11. The van der Waals surface area contributed by atoms with Gasteiger partial charge in [0, 0.05) is 0 Å². The van der Waals surface area contributed by atoms with E-state index in [-0.39, 0.29) is 11.9 Å². The van der Waals surface area contributed by atoms with Crippen LogP contribution in [0.1, 0.15) is 37.0 Å². The molecule has 0 aromatic heterocycles. The van der Waals surface area contributed by atoms with Crippen LogP contribution in [0.3, 0.4) is 0 Å². The van der Waals surface area contributed by atoms with Crippen molar-refractivity contribution >= 4 is 5.91 Å². The molecule has 1 N–H and O–H groups in total. The summed E-state index contributed by atoms with van der Waals surface area (Å²) in [5.41, 5.74) is 3.32. The molecule has 26 heavy (non-hydrogen) atoms. The normalized spacial score (nSPS) is 13.0. The topological polar surface area (TPSA) is 47.6 Å². The van der Waals surface area contributed by atoms with E-state index in [0.29, 0.717) is 13.0 Å². The van der Waals surface area contributed by atoms with Crippen LogP contribution < -0.4 is 14.8 Å². The number of carbonyl (C=O) groups excluding carboxylic acids is 1. The second kappa shape index (κ2) is 9.27. The average Bonchev–Trinajstić information content (AvgIpc) is 2.58. The van der Waals surface area contributed by atoms with Crippen LogP contribution in [-0.4, -0.2) is 24.7 Å². The minimum atomic E-state index is -0.517. The molecule has 1 amide bonds. The number of hydrogen-bond acceptors (Lipinski definition) is 3. The Hall–Kier alpha value is -2.49. The zero-order chi connectivity index (χ0) is 19.1. The maximum absolute atomic E-state index is 12.5. The first kappa shape index (κ1) is 19.8. The summed E-state index contributed by atoms with van der Waals surface area (Å²) in [6.45, 7) is 10.3. The van der Waals surface area contributed by atoms with Gasteiger partial charge in [0.05, 0.1) is 6.04 Å². The standard InChI is InChI=1S/C22H29NO3/c1-6-20(26-19-12-15(2)11-16(3)13-19)22(24)23-18(5)14-25-21-10-8-7-9-17(21)4/h7-13,18,20H,6,14H2,1-5H3,(H,23,24)/t18-,20+/m0/s1. The average molecular weight is 355 g/mol. The second-order valence-electron chi connectivity index (χ2n) is 6.82. The summed E-state index contributed by atoms with van der Waals surface area (Å²) in [5.74, 6) is 1.45. The van der Waals surface area contributed by atoms with Crippen molar-refractivity contribution in [1.29, 1.82) is 0 Å². The van der Waals surface area contributed by atoms with Crippen molar-refractivity contribution in [2.24, 2.45) is 0 Å². The zero-order valence-corrected chi connectivity index (χ0v) is 16.3. The molecule has 0 radical (unpaired) electrons. The maximum atomic E-state index is 12.5. The molecule has 2 rings (SSSR count). The summed E-state index contributed by atoms with van der Waals surface area (Å²) in [6, 6.07) is 13.7. The van der Waals surface area contributed by atoms with Gasteiger partial charge in [-0.3, -0.25) is 4.79 Å². The zero-order valence-electron chi connectivity index (χ0n) is 16.3. The summed E-state index contributed by atoms with van der Waals surface area (Å²) in [6.07, 6.45) is 0.0848. The van der Waals surface area contributed by atoms with Gasteiger partial charge in [-0.2, -0.15) is 0 Å². The van der Waals surface area contributed by atoms with E-state index in [9.17, 15) is 4.79 Å². The highest BCUT2D eigenvalue weighted by atomic mass is 16.5. The molecule has 140 valence electrons. The van der Waals surface area contributed by atoms with Gasteiger partial charge in [-0.15, -0.1) is 0 Å². The predicted molar refractivity (Wildman–Crippen MR) is 105 cm³/mol. The summed E-state index contributed by atoms with van der Waals surface area (Å²) in [4.78, 5) is 12.5. The molecule has 0 spiro atoms. The van der Waals surface area contributed by atoms with Gasteiger partial charge in [0.25, 0.3) is 5.91 Å². The molecule has 0 heterocycles. The van der Waals surface area contributed by atoms with Gasteiger partial charge in [-0.05, 0) is 69.0 Å². The van der Waals surface area contributed by atoms with E-state index in [1.807, 2.05) is 71.0 Å². The van der Waals surface area contributed by atoms with Crippen LogP contribution >= 0.6 is 0 Å². The first-order chi connectivity index (χ1) is 12.4. The molecule has 0 bridgehead atoms. The number of carbonyl (C=O) groups is 1. The molecule has 0 aliphatic rings. The van der Waals surface area contributed by atoms with Crippen molar-refractivity contribution in [2.45, 2.75) is 53.2 Å². The molecule has 0 aliphatic heterocycles. The quantitative estimate of drug-likeness (QED) is 0.766. The molecule has 0 aliphatic carbocycles. The third-order valence-corrected chi connectivity index (χ3v) is 4.11. The number of ether oxygens (including phenoxy) is 2. The van der Waals surface area contributed by atoms with E-state index in [0.717, 1.165) is 28.2 Å². The van der Waals surface area contributed by atoms with Crippen LogP contribution in [0.25, 0.3) is 0 Å². The Bertz CT molecular complexity index is 722. The lowest BCUT2D eigenvalue weighted by molar-refractivity contribution is -0.128. The molecule has 4 nitrogen and oxygen atoms in total. The lowest BCUT2D eigenvalue weighted by Crippen LogP contribution is -2.44. The van der Waals surface area contributed by atoms with Crippen molar-refractivity contribution in [3.8, 4) is 11.5 Å². The molecule has 4 heteroatoms. The third kappa shape index (κ3) is 5.80. The highest BCUT2D eigenvalue weighted by Gasteiger charge is 2.20. The highest BCUT2D eigenvalue weighted by Crippen LogP contribution is 2.19. The lowest BCUT2D eigenvalue weighted by Gasteiger charge is -2.21. The monoisotopic (exact) mass is 355 g/mol. The smallest absolute Gasteiger partial charge is 0.261 e. The Morgan fingerprint density at radius 1 is 1.08 bits per heavy atom. The van der Waals surface area contributed by atoms with Gasteiger partial charge in [0.1, 0.15) is 18.1 Å². The molecular formula is C22H29NO3. The highest BCUT2D eigenvalue weighted by molar-refractivity contribution is 5.81. The van der Waals surface area contributed by atoms with E-state index < -0.39 is 6.10 Å². The fourth-order valence-corrected chi connectivity index (χ4v) is 2.80. The molecule has 0 unspecified atom stereocenters. The summed E-state index contributed by atoms with van der Waals surface area (Å²) in [7, 11) is 0. The molecule has 2 aromatic carbocycles. The SMILES string of the molecule is CC[C@@H](Oc1cc(C)cc(C)c1)C(=O)N[C@@H](C)COc1ccccc1C. The van der Waals surface area contributed by atoms with E-state index in [1.165, 1.54) is 0 Å². The molecular weight excluding hydrogens is 326 g/mol. The predicted octanol–water partition coefficient (Wildman–Crippen LogP) is 4.35. The largest absolute Gasteiger partial charge is 0.491 e. The summed E-state index contributed by atoms with van der Waals surface area (Å²) in [5, 5.41) is 2.98. The molecule has 2 aromatic rings. The minimum absolute atomic E-state index is 0.112. The number of rotatable bonds is 8. The van der Waals surface area contributed by atoms with Crippen molar-refractivity contribution in [1.82, 2.24) is 5.32 Å². The van der Waals surface area contributed by atoms with Crippen molar-refractivity contribution in [2.75, 3.05) is 6.61 Å². The molecule has 0 fully saturated rings. The van der Waals surface area contributed by atoms with Crippen LogP contribution in [0.4, 0.5) is 0 Å². The van der Waals surface area contributed by atoms with E-state index in [1.54, 1.807) is 0 Å². The van der Waals surface area contributed by atoms with Crippen LogP contribution in [0.2, 0.25) is 0 Å². The minimum Gasteiger partial charge on any atom is -0.491 e. The molecule has 0 saturated heterocycles. The van der Waals surface area contributed by atoms with Crippen LogP contribution in [0.5, 0.6) is 11.5 Å². The van der Waals surface area contributed by atoms with E-state index >= 15 is 0 Å². The van der Waals surface area contributed by atoms with Crippen LogP contribution in [0, 0.1) is 20.8 Å². The Balaban J connectivity index is 1.90. The first-order valence-electron chi connectivity index (χ1n) is 9.12. The summed E-state index contributed by atoms with van der Waals surface area (Å²) >= 11 is 0. The van der Waals surface area contributed by atoms with Gasteiger partial charge < -0.3 is 14.8 Å². The lowest BCUT2D eigenvalue weighted by atomic mass is 10.1. The number of aryl methyl sites for hydroxylation is 3. The van der Waals surface area contributed by atoms with Gasteiger partial charge in [-0.25, -0.2) is 0 Å². The van der Waals surface area contributed by atoms with E-state index in [4.69, 9.17) is 9.47 Å². The fourth-order valence-electron chi connectivity index (χ4n) is 2.80. The Kier molecular flexibility index (Phi) is 7.07. The van der Waals surface area contributed by atoms with Gasteiger partial charge in [0.2, 0.25) is 0 Å². The number of amides is 1. The Morgan fingerprint density at radius 2 is 1.73 bits per heavy atom.